The standard InChI is InChI=1S/C28H35FN4O3/c1-21(2)24-7-3-22(4-8-24)17-33(18-23-5-9-25(29)10-6-23)19-27-31-26(20-36-27)28(34)30-11-12-32-13-15-35-16-14-32/h3-10,20-21H,11-19H2,1-2H3,(H,30,34). The smallest absolute Gasteiger partial charge is 0.273 e. The highest BCUT2D eigenvalue weighted by molar-refractivity contribution is 5.91. The Morgan fingerprint density at radius 3 is 2.31 bits per heavy atom. The maximum Gasteiger partial charge on any atom is 0.273 e. The van der Waals surface area contributed by atoms with Gasteiger partial charge in [-0.15, -0.1) is 0 Å². The van der Waals surface area contributed by atoms with Gasteiger partial charge in [-0.2, -0.15) is 0 Å². The number of oxazole rings is 1. The number of nitrogens with one attached hydrogen (secondary N) is 1. The van der Waals surface area contributed by atoms with Crippen LogP contribution in [-0.2, 0) is 24.4 Å². The Morgan fingerprint density at radius 2 is 1.67 bits per heavy atom. The lowest BCUT2D eigenvalue weighted by atomic mass is 10.0. The van der Waals surface area contributed by atoms with Crippen LogP contribution in [0.3, 0.4) is 0 Å². The van der Waals surface area contributed by atoms with Crippen LogP contribution < -0.4 is 5.32 Å². The van der Waals surface area contributed by atoms with Crippen molar-refractivity contribution in [3.05, 3.63) is 88.9 Å². The van der Waals surface area contributed by atoms with Crippen molar-refractivity contribution in [2.45, 2.75) is 39.4 Å². The van der Waals surface area contributed by atoms with Gasteiger partial charge in [0.25, 0.3) is 5.91 Å². The molecule has 3 aromatic rings. The van der Waals surface area contributed by atoms with Crippen LogP contribution in [0.5, 0.6) is 0 Å². The van der Waals surface area contributed by atoms with Gasteiger partial charge in [0.2, 0.25) is 5.89 Å². The molecule has 1 aromatic heterocycles. The number of hydrogen-bond acceptors (Lipinski definition) is 6. The summed E-state index contributed by atoms with van der Waals surface area (Å²) in [6, 6.07) is 15.1. The molecule has 8 heteroatoms. The number of aromatic nitrogens is 1. The Kier molecular flexibility index (Phi) is 9.22. The number of amides is 1. The van der Waals surface area contributed by atoms with Crippen molar-refractivity contribution >= 4 is 5.91 Å². The molecule has 4 rings (SSSR count). The van der Waals surface area contributed by atoms with Gasteiger partial charge in [0, 0.05) is 39.3 Å². The van der Waals surface area contributed by atoms with Crippen molar-refractivity contribution < 1.29 is 18.3 Å². The zero-order valence-electron chi connectivity index (χ0n) is 21.1. The summed E-state index contributed by atoms with van der Waals surface area (Å²) in [6.45, 7) is 10.6. The monoisotopic (exact) mass is 494 g/mol. The molecule has 2 heterocycles. The number of nitrogens with zero attached hydrogens (tertiary/aromatic N) is 3. The van der Waals surface area contributed by atoms with Crippen molar-refractivity contribution in [1.29, 1.82) is 0 Å². The number of carbonyl (C=O) groups is 1. The van der Waals surface area contributed by atoms with E-state index in [9.17, 15) is 9.18 Å². The summed E-state index contributed by atoms with van der Waals surface area (Å²) in [5.74, 6) is 0.438. The minimum atomic E-state index is -0.258. The van der Waals surface area contributed by atoms with Crippen LogP contribution in [0.2, 0.25) is 0 Å². The lowest BCUT2D eigenvalue weighted by Gasteiger charge is -2.26. The third-order valence-corrected chi connectivity index (χ3v) is 6.33. The van der Waals surface area contributed by atoms with Gasteiger partial charge in [-0.05, 0) is 34.7 Å². The summed E-state index contributed by atoms with van der Waals surface area (Å²) < 4.78 is 24.4. The summed E-state index contributed by atoms with van der Waals surface area (Å²) in [4.78, 5) is 21.4. The van der Waals surface area contributed by atoms with Crippen LogP contribution in [0.4, 0.5) is 4.39 Å². The summed E-state index contributed by atoms with van der Waals surface area (Å²) in [5.41, 5.74) is 3.72. The largest absolute Gasteiger partial charge is 0.447 e. The molecule has 36 heavy (non-hydrogen) atoms. The molecule has 0 radical (unpaired) electrons. The van der Waals surface area contributed by atoms with E-state index in [2.05, 4.69) is 58.2 Å². The van der Waals surface area contributed by atoms with E-state index in [1.165, 1.54) is 24.0 Å². The second-order valence-electron chi connectivity index (χ2n) is 9.50. The molecule has 7 nitrogen and oxygen atoms in total. The fraction of sp³-hybridized carbons (Fsp3) is 0.429. The van der Waals surface area contributed by atoms with Gasteiger partial charge in [-0.25, -0.2) is 9.37 Å². The zero-order valence-corrected chi connectivity index (χ0v) is 21.1. The maximum absolute atomic E-state index is 13.4. The second-order valence-corrected chi connectivity index (χ2v) is 9.50. The molecular formula is C28H35FN4O3. The molecule has 1 aliphatic rings. The molecule has 0 aliphatic carbocycles. The molecule has 1 saturated heterocycles. The van der Waals surface area contributed by atoms with Crippen molar-refractivity contribution in [3.63, 3.8) is 0 Å². The normalized spacial score (nSPS) is 14.5. The maximum atomic E-state index is 13.4. The predicted molar refractivity (Wildman–Crippen MR) is 136 cm³/mol. The number of benzene rings is 2. The Bertz CT molecular complexity index is 1090. The third-order valence-electron chi connectivity index (χ3n) is 6.33. The summed E-state index contributed by atoms with van der Waals surface area (Å²) in [5, 5.41) is 2.92. The Balaban J connectivity index is 1.38. The molecule has 0 bridgehead atoms. The fourth-order valence-electron chi connectivity index (χ4n) is 4.20. The second kappa shape index (κ2) is 12.8. The lowest BCUT2D eigenvalue weighted by Crippen LogP contribution is -2.41. The van der Waals surface area contributed by atoms with Crippen molar-refractivity contribution in [2.75, 3.05) is 39.4 Å². The quantitative estimate of drug-likeness (QED) is 0.431. The minimum Gasteiger partial charge on any atom is -0.447 e. The molecule has 1 aliphatic heterocycles. The van der Waals surface area contributed by atoms with Crippen molar-refractivity contribution in [1.82, 2.24) is 20.1 Å². The zero-order chi connectivity index (χ0) is 25.3. The van der Waals surface area contributed by atoms with Gasteiger partial charge in [0.1, 0.15) is 12.1 Å². The van der Waals surface area contributed by atoms with E-state index in [1.807, 2.05) is 0 Å². The molecule has 1 amide bonds. The molecule has 192 valence electrons. The van der Waals surface area contributed by atoms with Crippen LogP contribution >= 0.6 is 0 Å². The molecule has 2 aromatic carbocycles. The van der Waals surface area contributed by atoms with E-state index in [0.717, 1.165) is 44.0 Å². The topological polar surface area (TPSA) is 70.8 Å². The molecule has 0 saturated carbocycles. The first kappa shape index (κ1) is 26.0. The highest BCUT2D eigenvalue weighted by atomic mass is 19.1. The average molecular weight is 495 g/mol. The number of ether oxygens (including phenoxy) is 1. The van der Waals surface area contributed by atoms with E-state index < -0.39 is 0 Å². The van der Waals surface area contributed by atoms with Crippen LogP contribution in [0, 0.1) is 5.82 Å². The summed E-state index contributed by atoms with van der Waals surface area (Å²) in [7, 11) is 0. The van der Waals surface area contributed by atoms with Gasteiger partial charge >= 0.3 is 0 Å². The number of halogens is 1. The number of morpholine rings is 1. The van der Waals surface area contributed by atoms with E-state index in [1.54, 1.807) is 12.1 Å². The minimum absolute atomic E-state index is 0.243. The molecular weight excluding hydrogens is 459 g/mol. The van der Waals surface area contributed by atoms with E-state index in [-0.39, 0.29) is 17.4 Å². The van der Waals surface area contributed by atoms with Gasteiger partial charge in [0.15, 0.2) is 5.69 Å². The summed E-state index contributed by atoms with van der Waals surface area (Å²) in [6.07, 6.45) is 1.41. The lowest BCUT2D eigenvalue weighted by molar-refractivity contribution is 0.0383. The Labute approximate surface area is 212 Å². The molecule has 0 atom stereocenters. The van der Waals surface area contributed by atoms with Crippen molar-refractivity contribution in [2.24, 2.45) is 0 Å². The molecule has 1 fully saturated rings. The van der Waals surface area contributed by atoms with Crippen LogP contribution in [0.15, 0.2) is 59.2 Å². The molecule has 0 spiro atoms. The van der Waals surface area contributed by atoms with Crippen LogP contribution in [0.1, 0.15) is 52.8 Å². The van der Waals surface area contributed by atoms with Gasteiger partial charge in [-0.3, -0.25) is 14.6 Å². The molecule has 0 unspecified atom stereocenters. The number of hydrogen-bond donors (Lipinski definition) is 1. The highest BCUT2D eigenvalue weighted by Crippen LogP contribution is 2.18. The average Bonchev–Trinajstić information content (AvgIpc) is 3.35. The van der Waals surface area contributed by atoms with Crippen molar-refractivity contribution in [3.8, 4) is 0 Å². The van der Waals surface area contributed by atoms with E-state index in [0.29, 0.717) is 38.0 Å². The number of rotatable bonds is 11. The highest BCUT2D eigenvalue weighted by Gasteiger charge is 2.17. The first-order valence-electron chi connectivity index (χ1n) is 12.5. The summed E-state index contributed by atoms with van der Waals surface area (Å²) >= 11 is 0. The third kappa shape index (κ3) is 7.71. The van der Waals surface area contributed by atoms with Crippen LogP contribution in [-0.4, -0.2) is 60.1 Å². The SMILES string of the molecule is CC(C)c1ccc(CN(Cc2ccc(F)cc2)Cc2nc(C(=O)NCCN3CCOCC3)co2)cc1. The first-order chi connectivity index (χ1) is 17.5. The predicted octanol–water partition coefficient (Wildman–Crippen LogP) is 4.20. The van der Waals surface area contributed by atoms with Gasteiger partial charge in [-0.1, -0.05) is 50.2 Å². The first-order valence-corrected chi connectivity index (χ1v) is 12.5. The number of carbonyl (C=O) groups excluding carboxylic acids is 1. The van der Waals surface area contributed by atoms with Gasteiger partial charge < -0.3 is 14.5 Å². The van der Waals surface area contributed by atoms with E-state index in [4.69, 9.17) is 9.15 Å². The van der Waals surface area contributed by atoms with Gasteiger partial charge in [0.05, 0.1) is 19.8 Å². The Hall–Kier alpha value is -3.07. The Morgan fingerprint density at radius 1 is 1.03 bits per heavy atom. The fourth-order valence-corrected chi connectivity index (χ4v) is 4.20. The van der Waals surface area contributed by atoms with Crippen LogP contribution in [0.25, 0.3) is 0 Å². The van der Waals surface area contributed by atoms with E-state index >= 15 is 0 Å². The molecule has 1 N–H and O–H groups in total.